The molecule has 238 valence electrons. The fourth-order valence-electron chi connectivity index (χ4n) is 5.24. The van der Waals surface area contributed by atoms with Crippen molar-refractivity contribution in [3.8, 4) is 0 Å². The average Bonchev–Trinajstić information content (AvgIpc) is 3.06. The fraction of sp³-hybridized carbons (Fsp3) is 0.342. The number of aliphatic hydroxyl groups is 1. The van der Waals surface area contributed by atoms with E-state index in [1.807, 2.05) is 97.1 Å². The van der Waals surface area contributed by atoms with Crippen LogP contribution < -0.4 is 10.6 Å². The minimum atomic E-state index is -0.690. The first kappa shape index (κ1) is 35.0. The molecular formula is C38H46N2O5. The number of unbranched alkanes of at least 4 members (excludes halogenated alkanes) is 1. The average molecular weight is 611 g/mol. The summed E-state index contributed by atoms with van der Waals surface area (Å²) in [5.74, 6) is -2.01. The molecule has 45 heavy (non-hydrogen) atoms. The number of esters is 1. The summed E-state index contributed by atoms with van der Waals surface area (Å²) in [6.45, 7) is 7.30. The number of aliphatic hydroxyl groups excluding tert-OH is 1. The van der Waals surface area contributed by atoms with Gasteiger partial charge in [-0.15, -0.1) is 13.2 Å². The number of benzene rings is 3. The van der Waals surface area contributed by atoms with Gasteiger partial charge in [0.15, 0.2) is 0 Å². The van der Waals surface area contributed by atoms with Gasteiger partial charge in [-0.25, -0.2) is 0 Å². The quantitative estimate of drug-likeness (QED) is 0.0839. The van der Waals surface area contributed by atoms with Crippen LogP contribution in [0.5, 0.6) is 0 Å². The lowest BCUT2D eigenvalue weighted by Crippen LogP contribution is -2.42. The summed E-state index contributed by atoms with van der Waals surface area (Å²) >= 11 is 0. The van der Waals surface area contributed by atoms with Crippen molar-refractivity contribution >= 4 is 17.8 Å². The van der Waals surface area contributed by atoms with E-state index in [0.29, 0.717) is 19.3 Å². The Hall–Kier alpha value is -4.49. The molecule has 7 nitrogen and oxygen atoms in total. The van der Waals surface area contributed by atoms with Crippen LogP contribution in [0, 0.1) is 11.8 Å². The number of hydrogen-bond acceptors (Lipinski definition) is 5. The van der Waals surface area contributed by atoms with Crippen molar-refractivity contribution in [2.75, 3.05) is 13.2 Å². The highest BCUT2D eigenvalue weighted by atomic mass is 16.5. The smallest absolute Gasteiger partial charge is 0.309 e. The van der Waals surface area contributed by atoms with Gasteiger partial charge in [-0.1, -0.05) is 103 Å². The van der Waals surface area contributed by atoms with E-state index in [1.165, 1.54) is 0 Å². The van der Waals surface area contributed by atoms with Crippen molar-refractivity contribution < 1.29 is 24.2 Å². The van der Waals surface area contributed by atoms with Crippen LogP contribution in [0.15, 0.2) is 116 Å². The summed E-state index contributed by atoms with van der Waals surface area (Å²) in [5, 5.41) is 15.7. The molecule has 3 aromatic rings. The summed E-state index contributed by atoms with van der Waals surface area (Å²) in [6, 6.07) is 27.7. The van der Waals surface area contributed by atoms with Gasteiger partial charge in [0.2, 0.25) is 11.8 Å². The van der Waals surface area contributed by atoms with Gasteiger partial charge in [-0.3, -0.25) is 14.4 Å². The Labute approximate surface area is 267 Å². The van der Waals surface area contributed by atoms with Crippen LogP contribution in [-0.2, 0) is 32.0 Å². The third-order valence-corrected chi connectivity index (χ3v) is 7.69. The van der Waals surface area contributed by atoms with Crippen molar-refractivity contribution in [2.45, 2.75) is 57.0 Å². The lowest BCUT2D eigenvalue weighted by molar-refractivity contribution is -0.150. The molecule has 0 fully saturated rings. The third-order valence-electron chi connectivity index (χ3n) is 7.69. The van der Waals surface area contributed by atoms with Gasteiger partial charge >= 0.3 is 5.97 Å². The number of ether oxygens (including phenoxy) is 1. The van der Waals surface area contributed by atoms with Crippen LogP contribution in [0.2, 0.25) is 0 Å². The van der Waals surface area contributed by atoms with E-state index in [4.69, 9.17) is 4.74 Å². The zero-order valence-corrected chi connectivity index (χ0v) is 26.0. The Balaban J connectivity index is 1.67. The maximum Gasteiger partial charge on any atom is 0.309 e. The first-order valence-corrected chi connectivity index (χ1v) is 15.6. The SMILES string of the molecule is C=CCCC[C@H](Cc1ccccc1)C(=O)OC[C@H](NC(=O)[C@@H](CC=C)CC(=O)N[C@H](CO)Cc1ccccc1)c1ccccc1. The molecular weight excluding hydrogens is 564 g/mol. The van der Waals surface area contributed by atoms with Gasteiger partial charge in [0, 0.05) is 6.42 Å². The van der Waals surface area contributed by atoms with E-state index in [2.05, 4.69) is 23.8 Å². The third kappa shape index (κ3) is 12.6. The highest BCUT2D eigenvalue weighted by molar-refractivity contribution is 5.86. The number of amides is 2. The molecule has 0 saturated heterocycles. The standard InChI is InChI=1S/C38H46N2O5/c1-3-5-9-23-33(24-29-17-10-6-11-18-29)38(44)45-28-35(31-21-14-8-15-22-31)40-37(43)32(16-4-2)26-36(42)39-34(27-41)25-30-19-12-7-13-20-30/h3-4,6-8,10-15,17-22,32-35,41H,1-2,5,9,16,23-28H2,(H,39,42)(H,40,43)/t32-,33+,34-,35-/m0/s1. The molecule has 0 bridgehead atoms. The van der Waals surface area contributed by atoms with Gasteiger partial charge < -0.3 is 20.5 Å². The molecule has 0 saturated carbocycles. The monoisotopic (exact) mass is 610 g/mol. The van der Waals surface area contributed by atoms with Gasteiger partial charge in [-0.2, -0.15) is 0 Å². The van der Waals surface area contributed by atoms with Gasteiger partial charge in [0.05, 0.1) is 30.5 Å². The Morgan fingerprint density at radius 2 is 1.38 bits per heavy atom. The predicted molar refractivity (Wildman–Crippen MR) is 178 cm³/mol. The topological polar surface area (TPSA) is 105 Å². The number of carbonyl (C=O) groups is 3. The van der Waals surface area contributed by atoms with Crippen LogP contribution in [-0.4, -0.2) is 42.1 Å². The largest absolute Gasteiger partial charge is 0.463 e. The van der Waals surface area contributed by atoms with Crippen LogP contribution in [0.1, 0.15) is 54.8 Å². The zero-order valence-electron chi connectivity index (χ0n) is 26.0. The molecule has 0 spiro atoms. The second-order valence-electron chi connectivity index (χ2n) is 11.3. The van der Waals surface area contributed by atoms with Crippen molar-refractivity contribution in [1.82, 2.24) is 10.6 Å². The second kappa shape index (κ2) is 19.7. The molecule has 4 atom stereocenters. The van der Waals surface area contributed by atoms with Gasteiger partial charge in [0.1, 0.15) is 6.61 Å². The number of allylic oxidation sites excluding steroid dienone is 2. The van der Waals surface area contributed by atoms with E-state index in [9.17, 15) is 19.5 Å². The Bertz CT molecular complexity index is 1330. The number of rotatable bonds is 20. The lowest BCUT2D eigenvalue weighted by Gasteiger charge is -2.24. The van der Waals surface area contributed by atoms with E-state index < -0.39 is 18.0 Å². The van der Waals surface area contributed by atoms with E-state index in [0.717, 1.165) is 29.5 Å². The first-order chi connectivity index (χ1) is 21.9. The maximum atomic E-state index is 13.6. The molecule has 0 aromatic heterocycles. The van der Waals surface area contributed by atoms with Gasteiger partial charge in [0.25, 0.3) is 0 Å². The Kier molecular flexibility index (Phi) is 15.3. The van der Waals surface area contributed by atoms with E-state index in [-0.39, 0.29) is 49.8 Å². The molecule has 0 unspecified atom stereocenters. The molecule has 0 aliphatic rings. The van der Waals surface area contributed by atoms with Crippen molar-refractivity contribution in [1.29, 1.82) is 0 Å². The van der Waals surface area contributed by atoms with Crippen molar-refractivity contribution in [3.63, 3.8) is 0 Å². The molecule has 0 heterocycles. The summed E-state index contributed by atoms with van der Waals surface area (Å²) < 4.78 is 5.86. The summed E-state index contributed by atoms with van der Waals surface area (Å²) in [5.41, 5.74) is 2.84. The fourth-order valence-corrected chi connectivity index (χ4v) is 5.24. The van der Waals surface area contributed by atoms with Crippen LogP contribution in [0.4, 0.5) is 0 Å². The highest BCUT2D eigenvalue weighted by Gasteiger charge is 2.27. The molecule has 3 rings (SSSR count). The van der Waals surface area contributed by atoms with Crippen LogP contribution in [0.25, 0.3) is 0 Å². The summed E-state index contributed by atoms with van der Waals surface area (Å²) in [6.07, 6.45) is 7.00. The van der Waals surface area contributed by atoms with Crippen molar-refractivity contribution in [3.05, 3.63) is 133 Å². The Morgan fingerprint density at radius 3 is 1.96 bits per heavy atom. The van der Waals surface area contributed by atoms with Crippen molar-refractivity contribution in [2.24, 2.45) is 11.8 Å². The van der Waals surface area contributed by atoms with E-state index in [1.54, 1.807) is 6.08 Å². The molecule has 3 aromatic carbocycles. The maximum absolute atomic E-state index is 13.6. The second-order valence-corrected chi connectivity index (χ2v) is 11.3. The molecule has 0 radical (unpaired) electrons. The molecule has 0 aliphatic carbocycles. The lowest BCUT2D eigenvalue weighted by atomic mass is 9.94. The first-order valence-electron chi connectivity index (χ1n) is 15.6. The summed E-state index contributed by atoms with van der Waals surface area (Å²) in [7, 11) is 0. The molecule has 2 amide bonds. The number of carbonyl (C=O) groups excluding carboxylic acids is 3. The zero-order chi connectivity index (χ0) is 32.3. The highest BCUT2D eigenvalue weighted by Crippen LogP contribution is 2.21. The molecule has 3 N–H and O–H groups in total. The predicted octanol–water partition coefficient (Wildman–Crippen LogP) is 5.90. The molecule has 0 aliphatic heterocycles. The Morgan fingerprint density at radius 1 is 0.778 bits per heavy atom. The normalized spacial score (nSPS) is 13.4. The molecule has 7 heteroatoms. The minimum absolute atomic E-state index is 0.0436. The minimum Gasteiger partial charge on any atom is -0.463 e. The van der Waals surface area contributed by atoms with E-state index >= 15 is 0 Å². The number of hydrogen-bond donors (Lipinski definition) is 3. The number of nitrogens with one attached hydrogen (secondary N) is 2. The summed E-state index contributed by atoms with van der Waals surface area (Å²) in [4.78, 5) is 39.9. The van der Waals surface area contributed by atoms with Crippen LogP contribution in [0.3, 0.4) is 0 Å². The van der Waals surface area contributed by atoms with Crippen LogP contribution >= 0.6 is 0 Å². The van der Waals surface area contributed by atoms with Gasteiger partial charge in [-0.05, 0) is 55.2 Å².